The number of hydrogen-bond acceptors (Lipinski definition) is 4. The monoisotopic (exact) mass is 280 g/mol. The Morgan fingerprint density at radius 2 is 2.25 bits per heavy atom. The Hall–Kier alpha value is -1.43. The van der Waals surface area contributed by atoms with Crippen LogP contribution in [-0.2, 0) is 18.4 Å². The van der Waals surface area contributed by atoms with Crippen LogP contribution in [0.1, 0.15) is 39.4 Å². The topological polar surface area (TPSA) is 80.0 Å². The first-order valence-corrected chi connectivity index (χ1v) is 7.13. The van der Waals surface area contributed by atoms with Crippen molar-refractivity contribution in [2.75, 3.05) is 0 Å². The molecule has 0 saturated heterocycles. The first kappa shape index (κ1) is 15.0. The molecule has 3 atom stereocenters. The molecule has 2 rings (SSSR count). The fraction of sp³-hybridized carbons (Fsp3) is 0.786. The summed E-state index contributed by atoms with van der Waals surface area (Å²) in [5.74, 6) is 0.264. The fourth-order valence-electron chi connectivity index (χ4n) is 3.23. The van der Waals surface area contributed by atoms with Crippen molar-refractivity contribution in [1.29, 1.82) is 0 Å². The van der Waals surface area contributed by atoms with Crippen molar-refractivity contribution < 1.29 is 9.90 Å². The first-order valence-electron chi connectivity index (χ1n) is 7.13. The van der Waals surface area contributed by atoms with Gasteiger partial charge in [0.05, 0.1) is 12.5 Å². The van der Waals surface area contributed by atoms with Crippen LogP contribution in [0.25, 0.3) is 0 Å². The molecule has 1 aliphatic rings. The second-order valence-electron chi connectivity index (χ2n) is 6.37. The summed E-state index contributed by atoms with van der Waals surface area (Å²) in [6.07, 6.45) is 3.16. The lowest BCUT2D eigenvalue weighted by atomic mass is 9.61. The minimum absolute atomic E-state index is 0.207. The Morgan fingerprint density at radius 1 is 1.55 bits per heavy atom. The van der Waals surface area contributed by atoms with E-state index in [9.17, 15) is 9.90 Å². The van der Waals surface area contributed by atoms with E-state index in [0.717, 1.165) is 18.7 Å². The van der Waals surface area contributed by atoms with Crippen LogP contribution in [0.5, 0.6) is 0 Å². The second kappa shape index (κ2) is 5.52. The number of carboxylic acids is 1. The van der Waals surface area contributed by atoms with Crippen LogP contribution < -0.4 is 5.32 Å². The summed E-state index contributed by atoms with van der Waals surface area (Å²) in [6, 6.07) is 0.317. The van der Waals surface area contributed by atoms with E-state index >= 15 is 0 Å². The zero-order chi connectivity index (χ0) is 14.9. The molecule has 0 aromatic carbocycles. The van der Waals surface area contributed by atoms with Crippen LogP contribution in [0.2, 0.25) is 0 Å². The number of aromatic nitrogens is 3. The molecule has 20 heavy (non-hydrogen) atoms. The third-order valence-electron chi connectivity index (χ3n) is 5.07. The first-order chi connectivity index (χ1) is 9.34. The van der Waals surface area contributed by atoms with Gasteiger partial charge in [-0.05, 0) is 24.2 Å². The normalized spacial score (nSPS) is 29.3. The Labute approximate surface area is 119 Å². The lowest BCUT2D eigenvalue weighted by molar-refractivity contribution is -0.150. The molecule has 1 heterocycles. The minimum atomic E-state index is -0.673. The average molecular weight is 280 g/mol. The summed E-state index contributed by atoms with van der Waals surface area (Å²) < 4.78 is 1.76. The summed E-state index contributed by atoms with van der Waals surface area (Å²) in [5, 5.41) is 16.9. The maximum absolute atomic E-state index is 11.4. The van der Waals surface area contributed by atoms with E-state index in [1.165, 1.54) is 0 Å². The maximum atomic E-state index is 11.4. The van der Waals surface area contributed by atoms with Gasteiger partial charge in [-0.1, -0.05) is 20.8 Å². The van der Waals surface area contributed by atoms with Gasteiger partial charge in [-0.3, -0.25) is 9.48 Å². The van der Waals surface area contributed by atoms with Crippen LogP contribution in [0, 0.1) is 17.3 Å². The molecule has 3 unspecified atom stereocenters. The molecular formula is C14H24N4O2. The van der Waals surface area contributed by atoms with Gasteiger partial charge in [-0.25, -0.2) is 4.98 Å². The van der Waals surface area contributed by atoms with Crippen molar-refractivity contribution in [1.82, 2.24) is 20.1 Å². The second-order valence-corrected chi connectivity index (χ2v) is 6.37. The molecule has 2 N–H and O–H groups in total. The van der Waals surface area contributed by atoms with Crippen LogP contribution in [0.15, 0.2) is 6.33 Å². The van der Waals surface area contributed by atoms with Gasteiger partial charge in [0.25, 0.3) is 0 Å². The largest absolute Gasteiger partial charge is 0.481 e. The van der Waals surface area contributed by atoms with E-state index in [-0.39, 0.29) is 11.3 Å². The van der Waals surface area contributed by atoms with E-state index in [1.807, 2.05) is 7.05 Å². The molecule has 0 aliphatic heterocycles. The lowest BCUT2D eigenvalue weighted by Gasteiger charge is -2.46. The van der Waals surface area contributed by atoms with Gasteiger partial charge in [-0.15, -0.1) is 0 Å². The molecule has 112 valence electrons. The van der Waals surface area contributed by atoms with Crippen LogP contribution >= 0.6 is 0 Å². The van der Waals surface area contributed by atoms with E-state index in [2.05, 4.69) is 36.2 Å². The Morgan fingerprint density at radius 3 is 2.80 bits per heavy atom. The molecule has 0 spiro atoms. The van der Waals surface area contributed by atoms with E-state index in [0.29, 0.717) is 18.5 Å². The Bertz CT molecular complexity index is 483. The fourth-order valence-corrected chi connectivity index (χ4v) is 3.23. The van der Waals surface area contributed by atoms with Crippen molar-refractivity contribution in [2.45, 2.75) is 46.2 Å². The van der Waals surface area contributed by atoms with Crippen molar-refractivity contribution in [3.05, 3.63) is 12.2 Å². The lowest BCUT2D eigenvalue weighted by Crippen LogP contribution is -2.51. The van der Waals surface area contributed by atoms with E-state index < -0.39 is 5.97 Å². The summed E-state index contributed by atoms with van der Waals surface area (Å²) in [6.45, 7) is 6.93. The van der Waals surface area contributed by atoms with Crippen LogP contribution in [0.4, 0.5) is 0 Å². The zero-order valence-electron chi connectivity index (χ0n) is 12.6. The highest BCUT2D eigenvalue weighted by Crippen LogP contribution is 2.45. The van der Waals surface area contributed by atoms with E-state index in [4.69, 9.17) is 0 Å². The molecule has 1 fully saturated rings. The summed E-state index contributed by atoms with van der Waals surface area (Å²) in [5.41, 5.74) is -0.207. The van der Waals surface area contributed by atoms with Gasteiger partial charge in [0.2, 0.25) is 0 Å². The van der Waals surface area contributed by atoms with Crippen LogP contribution in [-0.4, -0.2) is 31.9 Å². The van der Waals surface area contributed by atoms with Crippen molar-refractivity contribution in [3.8, 4) is 0 Å². The van der Waals surface area contributed by atoms with Gasteiger partial charge in [0.1, 0.15) is 12.2 Å². The molecule has 1 saturated carbocycles. The van der Waals surface area contributed by atoms with Gasteiger partial charge < -0.3 is 10.4 Å². The minimum Gasteiger partial charge on any atom is -0.481 e. The van der Waals surface area contributed by atoms with Gasteiger partial charge >= 0.3 is 5.97 Å². The number of aliphatic carboxylic acids is 1. The quantitative estimate of drug-likeness (QED) is 0.872. The van der Waals surface area contributed by atoms with Crippen LogP contribution in [0.3, 0.4) is 0 Å². The number of aryl methyl sites for hydroxylation is 1. The smallest absolute Gasteiger partial charge is 0.307 e. The summed E-state index contributed by atoms with van der Waals surface area (Å²) in [7, 11) is 1.87. The third-order valence-corrected chi connectivity index (χ3v) is 5.07. The standard InChI is InChI=1S/C14H24N4O2/c1-9-11(15-7-12-16-8-17-18(12)4)6-5-10(13(19)20)14(9,2)3/h8-11,15H,5-7H2,1-4H3,(H,19,20). The number of carboxylic acid groups (broad SMARTS) is 1. The van der Waals surface area contributed by atoms with E-state index in [1.54, 1.807) is 11.0 Å². The van der Waals surface area contributed by atoms with Gasteiger partial charge in [0.15, 0.2) is 0 Å². The van der Waals surface area contributed by atoms with Crippen molar-refractivity contribution in [2.24, 2.45) is 24.3 Å². The molecule has 1 aliphatic carbocycles. The predicted molar refractivity (Wildman–Crippen MR) is 74.9 cm³/mol. The highest BCUT2D eigenvalue weighted by Gasteiger charge is 2.46. The molecule has 1 aromatic rings. The maximum Gasteiger partial charge on any atom is 0.307 e. The highest BCUT2D eigenvalue weighted by molar-refractivity contribution is 5.71. The zero-order valence-corrected chi connectivity index (χ0v) is 12.6. The highest BCUT2D eigenvalue weighted by atomic mass is 16.4. The van der Waals surface area contributed by atoms with Gasteiger partial charge in [0, 0.05) is 13.1 Å². The third kappa shape index (κ3) is 2.70. The van der Waals surface area contributed by atoms with Crippen molar-refractivity contribution in [3.63, 3.8) is 0 Å². The average Bonchev–Trinajstić information content (AvgIpc) is 2.76. The number of rotatable bonds is 4. The Kier molecular flexibility index (Phi) is 4.13. The predicted octanol–water partition coefficient (Wildman–Crippen LogP) is 1.43. The Balaban J connectivity index is 2.01. The summed E-state index contributed by atoms with van der Waals surface area (Å²) >= 11 is 0. The molecule has 6 nitrogen and oxygen atoms in total. The molecule has 1 aromatic heterocycles. The number of carbonyl (C=O) groups is 1. The molecular weight excluding hydrogens is 256 g/mol. The van der Waals surface area contributed by atoms with Gasteiger partial charge in [-0.2, -0.15) is 5.10 Å². The molecule has 0 amide bonds. The summed E-state index contributed by atoms with van der Waals surface area (Å²) in [4.78, 5) is 15.6. The molecule has 0 radical (unpaired) electrons. The molecule has 6 heteroatoms. The molecule has 0 bridgehead atoms. The number of nitrogens with zero attached hydrogens (tertiary/aromatic N) is 3. The van der Waals surface area contributed by atoms with Crippen molar-refractivity contribution >= 4 is 5.97 Å². The SMILES string of the molecule is CC1C(NCc2ncnn2C)CCC(C(=O)O)C1(C)C. The number of hydrogen-bond donors (Lipinski definition) is 2. The number of nitrogens with one attached hydrogen (secondary N) is 1.